The van der Waals surface area contributed by atoms with Crippen molar-refractivity contribution >= 4 is 23.0 Å². The first-order valence-electron chi connectivity index (χ1n) is 23.1. The Labute approximate surface area is 418 Å². The lowest BCUT2D eigenvalue weighted by Gasteiger charge is -2.48. The van der Waals surface area contributed by atoms with Gasteiger partial charge in [0.2, 0.25) is 23.8 Å². The number of hydrogen-bond donors (Lipinski definition) is 14. The Morgan fingerprint density at radius 3 is 1.77 bits per heavy atom. The fraction of sp³-hybridized carbons (Fsp3) is 0.500. The van der Waals surface area contributed by atoms with Gasteiger partial charge in [-0.2, -0.15) is 0 Å². The molecule has 20 atom stereocenters. The Balaban J connectivity index is 1.14. The molecule has 0 saturated carbocycles. The first kappa shape index (κ1) is 54.7. The van der Waals surface area contributed by atoms with Gasteiger partial charge in [-0.1, -0.05) is 12.1 Å². The standard InChI is InChI=1S/C48H56O26/c1-17-30(54)35(59)38(62)45(66-17)68-23-13-24(52)29-25(14-23)69-41(20-6-10-22(51)11-7-20)43(34(29)58)73-48-44(74-46-39(63)36(60)32(56)26(15-49)70-46)42(31(55)18(2)67-48)72-47-40(64)37(61)33(57)27(71-47)16-65-28(53)12-5-19-3-8-21(50)9-4-19/h3-14,17-18,26-27,30-33,35-40,42,44-52,54-57,59-64H,15-16H2,1-2H3/b12-5+/t17-,18-,26+,27+,30-,31-,32+,33+,35+,36-,37-,38+,39+,40+,42+,44+,45-,46-,47-,48-/m0/s1. The summed E-state index contributed by atoms with van der Waals surface area (Å²) in [7, 11) is 0. The highest BCUT2D eigenvalue weighted by molar-refractivity contribution is 5.88. The molecule has 0 spiro atoms. The summed E-state index contributed by atoms with van der Waals surface area (Å²) in [4.78, 5) is 27.4. The number of ether oxygens (including phenoxy) is 9. The van der Waals surface area contributed by atoms with Crippen molar-refractivity contribution in [1.29, 1.82) is 0 Å². The summed E-state index contributed by atoms with van der Waals surface area (Å²) in [6, 6.07) is 12.9. The van der Waals surface area contributed by atoms with Crippen LogP contribution in [0.15, 0.2) is 76.0 Å². The maximum Gasteiger partial charge on any atom is 0.330 e. The number of carbonyl (C=O) groups is 1. The van der Waals surface area contributed by atoms with Gasteiger partial charge in [-0.25, -0.2) is 4.79 Å². The number of hydrogen-bond acceptors (Lipinski definition) is 26. The minimum atomic E-state index is -2.12. The molecule has 5 heterocycles. The summed E-state index contributed by atoms with van der Waals surface area (Å²) in [5, 5.41) is 149. The first-order valence-corrected chi connectivity index (χ1v) is 23.1. The summed E-state index contributed by atoms with van der Waals surface area (Å²) in [5.41, 5.74) is -0.946. The zero-order valence-electron chi connectivity index (χ0n) is 39.0. The topological polar surface area (TPSA) is 414 Å². The third-order valence-electron chi connectivity index (χ3n) is 12.9. The van der Waals surface area contributed by atoms with E-state index in [1.165, 1.54) is 68.5 Å². The van der Waals surface area contributed by atoms with E-state index in [9.17, 15) is 81.1 Å². The number of phenolic OH excluding ortho intramolecular Hbond substituents is 3. The SMILES string of the molecule is C[C@@H]1O[C@@H](Oc2cc(O)c3c(=O)c(O[C@@H]4O[C@@H](C)[C@H](O)[C@@H](O[C@@H]5O[C@H](COC(=O)/C=C/c6ccc(O)cc6)[C@@H](O)[C@H](O)[C@H]5O)[C@H]4O[C@@H]4O[C@H](CO)[C@@H](O)[C@H](O)[C@H]4O)c(-c4ccc(O)cc4)oc3c2)[C@H](O)[C@H](O)[C@H]1O. The average Bonchev–Trinajstić information content (AvgIpc) is 3.37. The molecule has 4 fully saturated rings. The molecule has 4 aliphatic rings. The number of phenols is 3. The Hall–Kier alpha value is -5.60. The molecule has 0 radical (unpaired) electrons. The van der Waals surface area contributed by atoms with Crippen molar-refractivity contribution in [3.63, 3.8) is 0 Å². The maximum atomic E-state index is 14.7. The highest BCUT2D eigenvalue weighted by Crippen LogP contribution is 2.40. The molecule has 3 aromatic carbocycles. The fourth-order valence-electron chi connectivity index (χ4n) is 8.60. The number of aliphatic hydroxyl groups excluding tert-OH is 11. The van der Waals surface area contributed by atoms with E-state index in [1.807, 2.05) is 0 Å². The molecule has 0 amide bonds. The lowest BCUT2D eigenvalue weighted by molar-refractivity contribution is -0.382. The average molecular weight is 1050 g/mol. The van der Waals surface area contributed by atoms with Crippen LogP contribution in [0.4, 0.5) is 0 Å². The second-order valence-electron chi connectivity index (χ2n) is 18.0. The third-order valence-corrected chi connectivity index (χ3v) is 12.9. The maximum absolute atomic E-state index is 14.7. The van der Waals surface area contributed by atoms with Crippen molar-refractivity contribution in [1.82, 2.24) is 0 Å². The van der Waals surface area contributed by atoms with Crippen LogP contribution in [0.2, 0.25) is 0 Å². The van der Waals surface area contributed by atoms with Gasteiger partial charge in [-0.15, -0.1) is 0 Å². The van der Waals surface area contributed by atoms with Crippen LogP contribution >= 0.6 is 0 Å². The highest BCUT2D eigenvalue weighted by atomic mass is 16.8. The molecule has 14 N–H and O–H groups in total. The van der Waals surface area contributed by atoms with Gasteiger partial charge in [0.25, 0.3) is 0 Å². The molecular formula is C48H56O26. The Bertz CT molecular complexity index is 2640. The molecular weight excluding hydrogens is 993 g/mol. The molecule has 74 heavy (non-hydrogen) atoms. The third kappa shape index (κ3) is 11.3. The van der Waals surface area contributed by atoms with Crippen LogP contribution in [0.3, 0.4) is 0 Å². The number of carbonyl (C=O) groups excluding carboxylic acids is 1. The fourth-order valence-corrected chi connectivity index (χ4v) is 8.60. The molecule has 4 aliphatic heterocycles. The monoisotopic (exact) mass is 1050 g/mol. The number of aromatic hydroxyl groups is 3. The normalized spacial score (nSPS) is 36.7. The number of benzene rings is 3. The Morgan fingerprint density at radius 1 is 0.595 bits per heavy atom. The number of rotatable bonds is 14. The van der Waals surface area contributed by atoms with Crippen LogP contribution in [-0.4, -0.2) is 213 Å². The van der Waals surface area contributed by atoms with Crippen LogP contribution in [-0.2, 0) is 38.0 Å². The Kier molecular flexibility index (Phi) is 16.8. The van der Waals surface area contributed by atoms with Crippen LogP contribution in [0.25, 0.3) is 28.4 Å². The van der Waals surface area contributed by atoms with E-state index >= 15 is 0 Å². The molecule has 8 rings (SSSR count). The summed E-state index contributed by atoms with van der Waals surface area (Å²) >= 11 is 0. The smallest absolute Gasteiger partial charge is 0.330 e. The summed E-state index contributed by atoms with van der Waals surface area (Å²) in [6.07, 6.45) is -33.8. The Morgan fingerprint density at radius 2 is 1.14 bits per heavy atom. The molecule has 0 aliphatic carbocycles. The minimum absolute atomic E-state index is 0.0138. The highest BCUT2D eigenvalue weighted by Gasteiger charge is 2.55. The van der Waals surface area contributed by atoms with Gasteiger partial charge >= 0.3 is 5.97 Å². The van der Waals surface area contributed by atoms with Crippen molar-refractivity contribution in [2.45, 2.75) is 137 Å². The summed E-state index contributed by atoms with van der Waals surface area (Å²) < 4.78 is 58.6. The molecule has 1 aromatic heterocycles. The molecule has 0 unspecified atom stereocenters. The van der Waals surface area contributed by atoms with Crippen molar-refractivity contribution in [2.24, 2.45) is 0 Å². The van der Waals surface area contributed by atoms with Gasteiger partial charge in [-0.05, 0) is 61.9 Å². The van der Waals surface area contributed by atoms with Crippen LogP contribution < -0.4 is 14.9 Å². The lowest BCUT2D eigenvalue weighted by Crippen LogP contribution is -2.67. The predicted molar refractivity (Wildman–Crippen MR) is 243 cm³/mol. The lowest BCUT2D eigenvalue weighted by atomic mass is 9.96. The van der Waals surface area contributed by atoms with E-state index < -0.39 is 170 Å². The van der Waals surface area contributed by atoms with E-state index in [4.69, 9.17) is 47.0 Å². The summed E-state index contributed by atoms with van der Waals surface area (Å²) in [6.45, 7) is 1.05. The van der Waals surface area contributed by atoms with Crippen molar-refractivity contribution in [3.05, 3.63) is 82.5 Å². The van der Waals surface area contributed by atoms with Crippen LogP contribution in [0.5, 0.6) is 28.7 Å². The van der Waals surface area contributed by atoms with E-state index in [0.29, 0.717) is 5.56 Å². The van der Waals surface area contributed by atoms with Crippen LogP contribution in [0, 0.1) is 0 Å². The van der Waals surface area contributed by atoms with E-state index in [1.54, 1.807) is 0 Å². The molecule has 4 saturated heterocycles. The van der Waals surface area contributed by atoms with Gasteiger partial charge in [0.15, 0.2) is 24.4 Å². The van der Waals surface area contributed by atoms with E-state index in [-0.39, 0.29) is 28.4 Å². The van der Waals surface area contributed by atoms with Crippen LogP contribution in [0.1, 0.15) is 19.4 Å². The zero-order valence-corrected chi connectivity index (χ0v) is 39.0. The molecule has 26 nitrogen and oxygen atoms in total. The van der Waals surface area contributed by atoms with Gasteiger partial charge in [-0.3, -0.25) is 4.79 Å². The number of aliphatic hydroxyl groups is 11. The largest absolute Gasteiger partial charge is 0.508 e. The second kappa shape index (κ2) is 22.7. The van der Waals surface area contributed by atoms with Crippen molar-refractivity contribution in [3.8, 4) is 40.1 Å². The van der Waals surface area contributed by atoms with Crippen molar-refractivity contribution < 1.29 is 123 Å². The van der Waals surface area contributed by atoms with Gasteiger partial charge < -0.3 is 119 Å². The zero-order chi connectivity index (χ0) is 53.4. The number of esters is 1. The van der Waals surface area contributed by atoms with E-state index in [0.717, 1.165) is 18.2 Å². The van der Waals surface area contributed by atoms with Gasteiger partial charge in [0, 0.05) is 23.8 Å². The predicted octanol–water partition coefficient (Wildman–Crippen LogP) is -3.10. The molecule has 4 aromatic rings. The second-order valence-corrected chi connectivity index (χ2v) is 18.0. The minimum Gasteiger partial charge on any atom is -0.508 e. The quantitative estimate of drug-likeness (QED) is 0.0439. The van der Waals surface area contributed by atoms with Crippen molar-refractivity contribution in [2.75, 3.05) is 13.2 Å². The summed E-state index contributed by atoms with van der Waals surface area (Å²) in [5.74, 6) is -3.42. The molecule has 26 heteroatoms. The van der Waals surface area contributed by atoms with Gasteiger partial charge in [0.05, 0.1) is 18.8 Å². The molecule has 404 valence electrons. The molecule has 0 bridgehead atoms. The number of fused-ring (bicyclic) bond motifs is 1. The van der Waals surface area contributed by atoms with E-state index in [2.05, 4.69) is 0 Å². The first-order chi connectivity index (χ1) is 35.1. The van der Waals surface area contributed by atoms with Gasteiger partial charge in [0.1, 0.15) is 120 Å².